The molecule has 0 aromatic heterocycles. The van der Waals surface area contributed by atoms with Crippen LogP contribution in [-0.4, -0.2) is 32.2 Å². The molecule has 1 aliphatic rings. The van der Waals surface area contributed by atoms with Crippen LogP contribution in [0.1, 0.15) is 15.9 Å². The molecule has 86 valence electrons. The van der Waals surface area contributed by atoms with Gasteiger partial charge in [-0.1, -0.05) is 12.1 Å². The number of aryl methyl sites for hydroxylation is 1. The third kappa shape index (κ3) is 2.02. The number of nitrogens with two attached hydrogens (primary N) is 1. The van der Waals surface area contributed by atoms with Crippen molar-refractivity contribution in [2.24, 2.45) is 5.73 Å². The number of nitrogens with zero attached hydrogens (tertiary/aromatic N) is 1. The standard InChI is InChI=1S/C12H16N2O2/c1-9-3-2-4-10(12(13)15)11(9)14-5-7-16-8-6-14/h2-4H,5-8H2,1H3,(H2,13,15). The topological polar surface area (TPSA) is 55.6 Å². The van der Waals surface area contributed by atoms with E-state index in [4.69, 9.17) is 10.5 Å². The first-order valence-corrected chi connectivity index (χ1v) is 5.42. The molecule has 0 atom stereocenters. The van der Waals surface area contributed by atoms with Gasteiger partial charge in [-0.25, -0.2) is 0 Å². The molecular formula is C12H16N2O2. The molecule has 1 saturated heterocycles. The van der Waals surface area contributed by atoms with Gasteiger partial charge in [-0.3, -0.25) is 4.79 Å². The number of para-hydroxylation sites is 1. The number of carbonyl (C=O) groups is 1. The molecule has 1 aromatic carbocycles. The van der Waals surface area contributed by atoms with Crippen molar-refractivity contribution < 1.29 is 9.53 Å². The summed E-state index contributed by atoms with van der Waals surface area (Å²) in [6.45, 7) is 5.02. The second-order valence-electron chi connectivity index (χ2n) is 3.93. The summed E-state index contributed by atoms with van der Waals surface area (Å²) in [4.78, 5) is 13.5. The largest absolute Gasteiger partial charge is 0.378 e. The molecule has 0 aliphatic carbocycles. The summed E-state index contributed by atoms with van der Waals surface area (Å²) in [5, 5.41) is 0. The fourth-order valence-corrected chi connectivity index (χ4v) is 2.06. The third-order valence-electron chi connectivity index (χ3n) is 2.83. The Kier molecular flexibility index (Phi) is 3.10. The first-order valence-electron chi connectivity index (χ1n) is 5.42. The number of carbonyl (C=O) groups excluding carboxylic acids is 1. The number of anilines is 1. The smallest absolute Gasteiger partial charge is 0.250 e. The van der Waals surface area contributed by atoms with Crippen LogP contribution in [-0.2, 0) is 4.74 Å². The van der Waals surface area contributed by atoms with Crippen molar-refractivity contribution in [3.63, 3.8) is 0 Å². The Balaban J connectivity index is 2.40. The Morgan fingerprint density at radius 2 is 2.06 bits per heavy atom. The van der Waals surface area contributed by atoms with Gasteiger partial charge in [-0.15, -0.1) is 0 Å². The highest BCUT2D eigenvalue weighted by Crippen LogP contribution is 2.25. The molecule has 1 heterocycles. The molecule has 0 unspecified atom stereocenters. The first kappa shape index (κ1) is 11.0. The van der Waals surface area contributed by atoms with Gasteiger partial charge in [-0.2, -0.15) is 0 Å². The van der Waals surface area contributed by atoms with Crippen LogP contribution >= 0.6 is 0 Å². The van der Waals surface area contributed by atoms with E-state index >= 15 is 0 Å². The Labute approximate surface area is 95.0 Å². The van der Waals surface area contributed by atoms with E-state index in [9.17, 15) is 4.79 Å². The number of ether oxygens (including phenoxy) is 1. The lowest BCUT2D eigenvalue weighted by molar-refractivity contribution is 0.0998. The van der Waals surface area contributed by atoms with Crippen molar-refractivity contribution in [2.45, 2.75) is 6.92 Å². The average Bonchev–Trinajstić information content (AvgIpc) is 2.29. The van der Waals surface area contributed by atoms with Gasteiger partial charge in [0, 0.05) is 13.1 Å². The fourth-order valence-electron chi connectivity index (χ4n) is 2.06. The molecule has 16 heavy (non-hydrogen) atoms. The zero-order valence-electron chi connectivity index (χ0n) is 9.40. The predicted molar refractivity (Wildman–Crippen MR) is 62.7 cm³/mol. The molecule has 2 rings (SSSR count). The van der Waals surface area contributed by atoms with Crippen molar-refractivity contribution in [3.8, 4) is 0 Å². The van der Waals surface area contributed by atoms with Gasteiger partial charge >= 0.3 is 0 Å². The Hall–Kier alpha value is -1.55. The van der Waals surface area contributed by atoms with E-state index in [2.05, 4.69) is 4.90 Å². The second kappa shape index (κ2) is 4.53. The molecule has 4 heteroatoms. The summed E-state index contributed by atoms with van der Waals surface area (Å²) >= 11 is 0. The summed E-state index contributed by atoms with van der Waals surface area (Å²) < 4.78 is 5.30. The van der Waals surface area contributed by atoms with E-state index in [1.807, 2.05) is 19.1 Å². The summed E-state index contributed by atoms with van der Waals surface area (Å²) in [7, 11) is 0. The highest BCUT2D eigenvalue weighted by molar-refractivity contribution is 5.99. The maximum absolute atomic E-state index is 11.4. The number of hydrogen-bond donors (Lipinski definition) is 1. The second-order valence-corrected chi connectivity index (χ2v) is 3.93. The van der Waals surface area contributed by atoms with E-state index in [0.29, 0.717) is 18.8 Å². The molecule has 0 spiro atoms. The van der Waals surface area contributed by atoms with E-state index in [1.54, 1.807) is 6.07 Å². The van der Waals surface area contributed by atoms with Crippen LogP contribution in [0.4, 0.5) is 5.69 Å². The van der Waals surface area contributed by atoms with Gasteiger partial charge in [0.1, 0.15) is 0 Å². The zero-order valence-corrected chi connectivity index (χ0v) is 9.40. The van der Waals surface area contributed by atoms with Crippen LogP contribution in [0.5, 0.6) is 0 Å². The minimum atomic E-state index is -0.370. The van der Waals surface area contributed by atoms with E-state index in [1.165, 1.54) is 0 Å². The zero-order chi connectivity index (χ0) is 11.5. The number of hydrogen-bond acceptors (Lipinski definition) is 3. The Bertz CT molecular complexity index is 398. The van der Waals surface area contributed by atoms with Crippen molar-refractivity contribution >= 4 is 11.6 Å². The Morgan fingerprint density at radius 1 is 1.38 bits per heavy atom. The molecule has 1 aromatic rings. The van der Waals surface area contributed by atoms with Crippen molar-refractivity contribution in [2.75, 3.05) is 31.2 Å². The predicted octanol–water partition coefficient (Wildman–Crippen LogP) is 0.931. The minimum Gasteiger partial charge on any atom is -0.378 e. The number of benzene rings is 1. The number of rotatable bonds is 2. The van der Waals surface area contributed by atoms with Crippen molar-refractivity contribution in [3.05, 3.63) is 29.3 Å². The summed E-state index contributed by atoms with van der Waals surface area (Å²) in [6.07, 6.45) is 0. The quantitative estimate of drug-likeness (QED) is 0.806. The summed E-state index contributed by atoms with van der Waals surface area (Å²) in [5.74, 6) is -0.370. The summed E-state index contributed by atoms with van der Waals surface area (Å²) in [6, 6.07) is 5.64. The molecular weight excluding hydrogens is 204 g/mol. The highest BCUT2D eigenvalue weighted by Gasteiger charge is 2.18. The summed E-state index contributed by atoms with van der Waals surface area (Å²) in [5.41, 5.74) is 8.03. The number of primary amides is 1. The third-order valence-corrected chi connectivity index (χ3v) is 2.83. The molecule has 1 amide bonds. The van der Waals surface area contributed by atoms with Crippen LogP contribution in [0.3, 0.4) is 0 Å². The monoisotopic (exact) mass is 220 g/mol. The molecule has 0 bridgehead atoms. The fraction of sp³-hybridized carbons (Fsp3) is 0.417. The van der Waals surface area contributed by atoms with Gasteiger partial charge in [-0.05, 0) is 18.6 Å². The Morgan fingerprint density at radius 3 is 2.69 bits per heavy atom. The van der Waals surface area contributed by atoms with Crippen LogP contribution in [0.25, 0.3) is 0 Å². The number of morpholine rings is 1. The van der Waals surface area contributed by atoms with Crippen LogP contribution in [0, 0.1) is 6.92 Å². The van der Waals surface area contributed by atoms with Gasteiger partial charge in [0.2, 0.25) is 0 Å². The minimum absolute atomic E-state index is 0.370. The molecule has 1 aliphatic heterocycles. The first-order chi connectivity index (χ1) is 7.70. The molecule has 0 saturated carbocycles. The molecule has 0 radical (unpaired) electrons. The maximum atomic E-state index is 11.4. The number of amides is 1. The lowest BCUT2D eigenvalue weighted by Crippen LogP contribution is -2.38. The van der Waals surface area contributed by atoms with Gasteiger partial charge in [0.05, 0.1) is 24.5 Å². The van der Waals surface area contributed by atoms with E-state index < -0.39 is 0 Å². The molecule has 4 nitrogen and oxygen atoms in total. The van der Waals surface area contributed by atoms with Crippen LogP contribution in [0.15, 0.2) is 18.2 Å². The average molecular weight is 220 g/mol. The highest BCUT2D eigenvalue weighted by atomic mass is 16.5. The van der Waals surface area contributed by atoms with Crippen LogP contribution < -0.4 is 10.6 Å². The van der Waals surface area contributed by atoms with Crippen LogP contribution in [0.2, 0.25) is 0 Å². The van der Waals surface area contributed by atoms with Gasteiger partial charge < -0.3 is 15.4 Å². The van der Waals surface area contributed by atoms with Gasteiger partial charge in [0.15, 0.2) is 0 Å². The molecule has 2 N–H and O–H groups in total. The lowest BCUT2D eigenvalue weighted by atomic mass is 10.1. The molecule has 1 fully saturated rings. The maximum Gasteiger partial charge on any atom is 0.250 e. The van der Waals surface area contributed by atoms with E-state index in [-0.39, 0.29) is 5.91 Å². The van der Waals surface area contributed by atoms with Gasteiger partial charge in [0.25, 0.3) is 5.91 Å². The van der Waals surface area contributed by atoms with Crippen molar-refractivity contribution in [1.29, 1.82) is 0 Å². The lowest BCUT2D eigenvalue weighted by Gasteiger charge is -2.31. The SMILES string of the molecule is Cc1cccc(C(N)=O)c1N1CCOCC1. The van der Waals surface area contributed by atoms with E-state index in [0.717, 1.165) is 24.3 Å². The van der Waals surface area contributed by atoms with Crippen molar-refractivity contribution in [1.82, 2.24) is 0 Å². The normalized spacial score (nSPS) is 16.2.